The van der Waals surface area contributed by atoms with Crippen molar-refractivity contribution in [3.05, 3.63) is 58.0 Å². The van der Waals surface area contributed by atoms with Gasteiger partial charge in [0, 0.05) is 4.47 Å². The van der Waals surface area contributed by atoms with Crippen molar-refractivity contribution in [1.82, 2.24) is 5.32 Å². The van der Waals surface area contributed by atoms with Crippen LogP contribution in [0.15, 0.2) is 53.0 Å². The van der Waals surface area contributed by atoms with Crippen LogP contribution in [0.25, 0.3) is 0 Å². The normalized spacial score (nSPS) is 10.1. The molecule has 2 aromatic carbocycles. The first kappa shape index (κ1) is 16.6. The first-order valence-corrected chi connectivity index (χ1v) is 7.84. The molecule has 0 spiro atoms. The van der Waals surface area contributed by atoms with Gasteiger partial charge in [-0.05, 0) is 36.4 Å². The molecule has 6 heteroatoms. The van der Waals surface area contributed by atoms with Gasteiger partial charge in [-0.25, -0.2) is 0 Å². The van der Waals surface area contributed by atoms with Gasteiger partial charge in [0.15, 0.2) is 6.61 Å². The fourth-order valence-corrected chi connectivity index (χ4v) is 2.10. The molecule has 2 aromatic rings. The summed E-state index contributed by atoms with van der Waals surface area (Å²) < 4.78 is 11.8. The third-order valence-electron chi connectivity index (χ3n) is 2.70. The van der Waals surface area contributed by atoms with Crippen LogP contribution in [0.1, 0.15) is 0 Å². The van der Waals surface area contributed by atoms with Gasteiger partial charge in [-0.1, -0.05) is 39.7 Å². The number of amides is 1. The summed E-state index contributed by atoms with van der Waals surface area (Å²) in [5.41, 5.74) is 0. The fraction of sp³-hybridized carbons (Fsp3) is 0.188. The molecular formula is C16H15BrClNO3. The van der Waals surface area contributed by atoms with Crippen LogP contribution in [0.3, 0.4) is 0 Å². The van der Waals surface area contributed by atoms with Gasteiger partial charge in [0.05, 0.1) is 11.6 Å². The molecule has 0 saturated heterocycles. The summed E-state index contributed by atoms with van der Waals surface area (Å²) in [6.07, 6.45) is 0. The lowest BCUT2D eigenvalue weighted by Gasteiger charge is -2.09. The number of carbonyl (C=O) groups excluding carboxylic acids is 1. The van der Waals surface area contributed by atoms with Crippen molar-refractivity contribution in [1.29, 1.82) is 0 Å². The second kappa shape index (κ2) is 8.66. The Kier molecular flexibility index (Phi) is 6.55. The Morgan fingerprint density at radius 1 is 1.09 bits per heavy atom. The second-order valence-corrected chi connectivity index (χ2v) is 5.69. The number of halogens is 2. The van der Waals surface area contributed by atoms with Crippen LogP contribution in [-0.4, -0.2) is 25.7 Å². The van der Waals surface area contributed by atoms with Gasteiger partial charge in [0.25, 0.3) is 5.91 Å². The summed E-state index contributed by atoms with van der Waals surface area (Å²) in [5.74, 6) is 1.04. The molecule has 22 heavy (non-hydrogen) atoms. The first-order chi connectivity index (χ1) is 10.6. The highest BCUT2D eigenvalue weighted by molar-refractivity contribution is 9.10. The molecule has 0 bridgehead atoms. The lowest BCUT2D eigenvalue weighted by atomic mass is 10.3. The van der Waals surface area contributed by atoms with Crippen LogP contribution in [0, 0.1) is 0 Å². The predicted molar refractivity (Wildman–Crippen MR) is 89.6 cm³/mol. The van der Waals surface area contributed by atoms with Crippen molar-refractivity contribution < 1.29 is 14.3 Å². The largest absolute Gasteiger partial charge is 0.490 e. The molecule has 0 radical (unpaired) electrons. The van der Waals surface area contributed by atoms with Gasteiger partial charge in [0.2, 0.25) is 0 Å². The number of benzene rings is 2. The van der Waals surface area contributed by atoms with Crippen LogP contribution < -0.4 is 14.8 Å². The van der Waals surface area contributed by atoms with E-state index in [2.05, 4.69) is 21.2 Å². The Morgan fingerprint density at radius 2 is 1.82 bits per heavy atom. The van der Waals surface area contributed by atoms with Crippen molar-refractivity contribution in [2.75, 3.05) is 19.8 Å². The summed E-state index contributed by atoms with van der Waals surface area (Å²) in [6, 6.07) is 14.5. The Bertz CT molecular complexity index is 619. The Hall–Kier alpha value is -1.72. The topological polar surface area (TPSA) is 47.6 Å². The third-order valence-corrected chi connectivity index (χ3v) is 3.54. The third kappa shape index (κ3) is 5.58. The zero-order valence-electron chi connectivity index (χ0n) is 11.7. The van der Waals surface area contributed by atoms with E-state index in [0.717, 1.165) is 4.47 Å². The summed E-state index contributed by atoms with van der Waals surface area (Å²) in [4.78, 5) is 11.6. The highest BCUT2D eigenvalue weighted by Crippen LogP contribution is 2.22. The minimum absolute atomic E-state index is 0.0340. The molecule has 1 N–H and O–H groups in total. The maximum Gasteiger partial charge on any atom is 0.258 e. The number of hydrogen-bond donors (Lipinski definition) is 1. The number of para-hydroxylation sites is 1. The molecule has 0 unspecified atom stereocenters. The number of nitrogens with one attached hydrogen (secondary N) is 1. The quantitative estimate of drug-likeness (QED) is 0.741. The van der Waals surface area contributed by atoms with Crippen LogP contribution in [0.4, 0.5) is 0 Å². The molecule has 2 rings (SSSR count). The number of rotatable bonds is 7. The number of carbonyl (C=O) groups is 1. The van der Waals surface area contributed by atoms with Crippen LogP contribution >= 0.6 is 27.5 Å². The monoisotopic (exact) mass is 383 g/mol. The van der Waals surface area contributed by atoms with Crippen LogP contribution in [0.2, 0.25) is 5.02 Å². The van der Waals surface area contributed by atoms with Gasteiger partial charge in [-0.2, -0.15) is 0 Å². The van der Waals surface area contributed by atoms with Crippen molar-refractivity contribution in [3.63, 3.8) is 0 Å². The maximum atomic E-state index is 11.6. The predicted octanol–water partition coefficient (Wildman–Crippen LogP) is 3.68. The minimum atomic E-state index is -0.203. The van der Waals surface area contributed by atoms with Crippen LogP contribution in [0.5, 0.6) is 11.5 Å². The van der Waals surface area contributed by atoms with E-state index >= 15 is 0 Å². The average molecular weight is 385 g/mol. The Morgan fingerprint density at radius 3 is 2.55 bits per heavy atom. The summed E-state index contributed by atoms with van der Waals surface area (Å²) >= 11 is 9.29. The van der Waals surface area contributed by atoms with E-state index in [1.165, 1.54) is 0 Å². The van der Waals surface area contributed by atoms with Gasteiger partial charge in [-0.3, -0.25) is 4.79 Å². The molecule has 116 valence electrons. The lowest BCUT2D eigenvalue weighted by Crippen LogP contribution is -2.32. The van der Waals surface area contributed by atoms with Crippen molar-refractivity contribution >= 4 is 33.4 Å². The van der Waals surface area contributed by atoms with Gasteiger partial charge >= 0.3 is 0 Å². The van der Waals surface area contributed by atoms with E-state index in [1.54, 1.807) is 24.3 Å². The van der Waals surface area contributed by atoms with E-state index < -0.39 is 0 Å². The Labute approximate surface area is 142 Å². The van der Waals surface area contributed by atoms with E-state index in [9.17, 15) is 4.79 Å². The fourth-order valence-electron chi connectivity index (χ4n) is 1.64. The summed E-state index contributed by atoms with van der Waals surface area (Å²) in [6.45, 7) is 0.690. The molecule has 0 aliphatic carbocycles. The van der Waals surface area contributed by atoms with Crippen molar-refractivity contribution in [2.45, 2.75) is 0 Å². The molecular weight excluding hydrogens is 370 g/mol. The summed E-state index contributed by atoms with van der Waals surface area (Å²) in [5, 5.41) is 3.26. The molecule has 0 atom stereocenters. The van der Waals surface area contributed by atoms with E-state index in [0.29, 0.717) is 29.7 Å². The zero-order valence-corrected chi connectivity index (χ0v) is 14.1. The number of hydrogen-bond acceptors (Lipinski definition) is 3. The molecule has 1 amide bonds. The van der Waals surface area contributed by atoms with Gasteiger partial charge in [-0.15, -0.1) is 0 Å². The SMILES string of the molecule is O=C(COc1ccc(Br)cc1)NCCOc1ccccc1Cl. The highest BCUT2D eigenvalue weighted by atomic mass is 79.9. The summed E-state index contributed by atoms with van der Waals surface area (Å²) in [7, 11) is 0. The van der Waals surface area contributed by atoms with E-state index in [-0.39, 0.29) is 12.5 Å². The smallest absolute Gasteiger partial charge is 0.258 e. The maximum absolute atomic E-state index is 11.6. The highest BCUT2D eigenvalue weighted by Gasteiger charge is 2.03. The van der Waals surface area contributed by atoms with Crippen LogP contribution in [-0.2, 0) is 4.79 Å². The molecule has 4 nitrogen and oxygen atoms in total. The zero-order chi connectivity index (χ0) is 15.8. The standard InChI is InChI=1S/C16H15BrClNO3/c17-12-5-7-13(8-6-12)22-11-16(20)19-9-10-21-15-4-2-1-3-14(15)18/h1-8H,9-11H2,(H,19,20). The van der Waals surface area contributed by atoms with E-state index in [4.69, 9.17) is 21.1 Å². The molecule has 0 aliphatic rings. The Balaban J connectivity index is 1.64. The van der Waals surface area contributed by atoms with Gasteiger partial charge < -0.3 is 14.8 Å². The van der Waals surface area contributed by atoms with Gasteiger partial charge in [0.1, 0.15) is 18.1 Å². The number of ether oxygens (including phenoxy) is 2. The minimum Gasteiger partial charge on any atom is -0.490 e. The van der Waals surface area contributed by atoms with E-state index in [1.807, 2.05) is 24.3 Å². The first-order valence-electron chi connectivity index (χ1n) is 6.67. The molecule has 0 saturated carbocycles. The average Bonchev–Trinajstić information content (AvgIpc) is 2.52. The molecule has 0 heterocycles. The second-order valence-electron chi connectivity index (χ2n) is 4.37. The van der Waals surface area contributed by atoms with Crippen molar-refractivity contribution in [3.8, 4) is 11.5 Å². The molecule has 0 aliphatic heterocycles. The molecule has 0 fully saturated rings. The molecule has 0 aromatic heterocycles. The lowest BCUT2D eigenvalue weighted by molar-refractivity contribution is -0.123. The van der Waals surface area contributed by atoms with Crippen molar-refractivity contribution in [2.24, 2.45) is 0 Å².